The maximum absolute atomic E-state index is 11.0. The molecule has 0 aromatic rings. The first-order valence-electron chi connectivity index (χ1n) is 16.3. The molecule has 19 heteroatoms. The number of hydrogen-bond acceptors (Lipinski definition) is 13. The molecule has 0 unspecified atom stereocenters. The zero-order valence-corrected chi connectivity index (χ0v) is 31.3. The Morgan fingerprint density at radius 1 is 0.593 bits per heavy atom. The van der Waals surface area contributed by atoms with Crippen LogP contribution in [0.4, 0.5) is 9.59 Å². The third-order valence-corrected chi connectivity index (χ3v) is 6.09. The number of nitrogens with zero attached hydrogens (tertiary/aromatic N) is 2. The van der Waals surface area contributed by atoms with Crippen molar-refractivity contribution in [1.29, 1.82) is 0 Å². The highest BCUT2D eigenvalue weighted by atomic mass is 16.5. The molecular formula is C35H48N6O13. The Kier molecular flexibility index (Phi) is 24.1. The Bertz CT molecular complexity index is 1430. The number of nitrogens with two attached hydrogens (primary N) is 2. The van der Waals surface area contributed by atoms with Crippen LogP contribution < -0.4 is 22.1 Å². The second-order valence-corrected chi connectivity index (χ2v) is 11.4. The maximum atomic E-state index is 11.0. The molecule has 10 amide bonds. The first-order chi connectivity index (χ1) is 25.1. The molecule has 5 aliphatic rings. The smallest absolute Gasteiger partial charge is 0.404 e. The number of hydrogen-bond donors (Lipinski definition) is 4. The molecule has 0 spiro atoms. The summed E-state index contributed by atoms with van der Waals surface area (Å²) >= 11 is 0. The number of carbonyl (C=O) groups is 11. The summed E-state index contributed by atoms with van der Waals surface area (Å²) in [5.74, 6) is -1.85. The number of rotatable bonds is 4. The van der Waals surface area contributed by atoms with Crippen LogP contribution >= 0.6 is 0 Å². The number of nitrogens with one attached hydrogen (secondary N) is 2. The van der Waals surface area contributed by atoms with Crippen molar-refractivity contribution in [2.45, 2.75) is 61.3 Å². The quantitative estimate of drug-likeness (QED) is 0.289. The van der Waals surface area contributed by atoms with Crippen LogP contribution in [0.1, 0.15) is 61.3 Å². The van der Waals surface area contributed by atoms with E-state index in [0.717, 1.165) is 6.42 Å². The summed E-state index contributed by atoms with van der Waals surface area (Å²) in [5, 5.41) is 4.06. The highest BCUT2D eigenvalue weighted by Crippen LogP contribution is 2.32. The van der Waals surface area contributed by atoms with Gasteiger partial charge >= 0.3 is 12.2 Å². The zero-order chi connectivity index (χ0) is 42.0. The summed E-state index contributed by atoms with van der Waals surface area (Å²) in [4.78, 5) is 115. The lowest BCUT2D eigenvalue weighted by atomic mass is 9.77. The Labute approximate surface area is 312 Å². The van der Waals surface area contributed by atoms with Gasteiger partial charge in [0.25, 0.3) is 47.3 Å². The van der Waals surface area contributed by atoms with Crippen molar-refractivity contribution in [3.05, 3.63) is 60.3 Å². The summed E-state index contributed by atoms with van der Waals surface area (Å²) < 4.78 is 8.36. The van der Waals surface area contributed by atoms with E-state index in [-0.39, 0.29) is 58.5 Å². The van der Waals surface area contributed by atoms with Crippen molar-refractivity contribution in [2.24, 2.45) is 16.9 Å². The van der Waals surface area contributed by atoms with E-state index in [0.29, 0.717) is 32.7 Å². The number of amides is 10. The molecule has 54 heavy (non-hydrogen) atoms. The fraction of sp³-hybridized carbons (Fsp3) is 0.400. The van der Waals surface area contributed by atoms with Crippen LogP contribution in [-0.4, -0.2) is 101 Å². The molecule has 4 heterocycles. The van der Waals surface area contributed by atoms with Crippen molar-refractivity contribution < 1.29 is 62.2 Å². The van der Waals surface area contributed by atoms with E-state index < -0.39 is 12.2 Å². The predicted octanol–water partition coefficient (Wildman–Crippen LogP) is 0.786. The second-order valence-electron chi connectivity index (χ2n) is 11.4. The van der Waals surface area contributed by atoms with E-state index in [4.69, 9.17) is 0 Å². The number of carbonyl (C=O) groups excluding carboxylic acids is 11. The molecule has 5 rings (SSSR count). The largest absolute Gasteiger partial charge is 0.450 e. The van der Waals surface area contributed by atoms with Gasteiger partial charge in [0, 0.05) is 68.1 Å². The zero-order valence-electron chi connectivity index (χ0n) is 31.3. The normalized spacial score (nSPS) is 16.6. The highest BCUT2D eigenvalue weighted by molar-refractivity contribution is 6.14. The maximum Gasteiger partial charge on any atom is 0.404 e. The molecule has 1 aliphatic carbocycles. The average Bonchev–Trinajstić information content (AvgIpc) is 3.81. The SMILES string of the molecule is CC1=CC(=O)CC(C)(C)C1.CCN1C(=O)C=CC1=O.CCN1C(=O)C=CC1=O.CCOC(N)=O.CCOC(N)=O.O=C1C=CC(=O)N1.O=C1C=CC(=O)N1. The third kappa shape index (κ3) is 23.8. The molecule has 0 radical (unpaired) electrons. The number of allylic oxidation sites excluding steroid dienone is 2. The molecule has 0 fully saturated rings. The monoisotopic (exact) mass is 760 g/mol. The molecule has 296 valence electrons. The van der Waals surface area contributed by atoms with E-state index in [1.165, 1.54) is 64.0 Å². The summed E-state index contributed by atoms with van der Waals surface area (Å²) in [6.07, 6.45) is 12.0. The Morgan fingerprint density at radius 2 is 0.889 bits per heavy atom. The Balaban J connectivity index is 0. The molecule has 0 bridgehead atoms. The number of ketones is 1. The van der Waals surface area contributed by atoms with Crippen molar-refractivity contribution in [2.75, 3.05) is 26.3 Å². The fourth-order valence-electron chi connectivity index (χ4n) is 4.15. The molecule has 4 aliphatic heterocycles. The average molecular weight is 761 g/mol. The molecule has 0 saturated carbocycles. The van der Waals surface area contributed by atoms with Crippen LogP contribution in [0, 0.1) is 5.41 Å². The second kappa shape index (κ2) is 26.3. The molecule has 0 aromatic carbocycles. The van der Waals surface area contributed by atoms with E-state index in [1.54, 1.807) is 33.8 Å². The van der Waals surface area contributed by atoms with Crippen molar-refractivity contribution >= 4 is 65.2 Å². The lowest BCUT2D eigenvalue weighted by Gasteiger charge is -2.27. The minimum Gasteiger partial charge on any atom is -0.450 e. The first kappa shape index (κ1) is 49.6. The number of primary amides is 2. The standard InChI is InChI=1S/C9H14O.2C6H7NO2.2C4H3NO2.2C3H7NO2/c1-7-4-8(10)6-9(2,3)5-7;2*1-2-7-5(8)3-4-6(7)9;2*6-3-1-2-4(7)5-3;2*1-2-6-3(4)5/h4H,5-6H2,1-3H3;2*3-4H,2H2,1H3;2*1-2H,(H,5,6,7);2*2H2,1H3,(H2,4,5). The summed E-state index contributed by atoms with van der Waals surface area (Å²) in [6, 6.07) is 0. The van der Waals surface area contributed by atoms with Gasteiger partial charge in [-0.3, -0.25) is 63.6 Å². The Hall–Kier alpha value is -6.53. The molecule has 19 nitrogen and oxygen atoms in total. The van der Waals surface area contributed by atoms with Crippen molar-refractivity contribution in [3.8, 4) is 0 Å². The van der Waals surface area contributed by atoms with Gasteiger partial charge in [-0.05, 0) is 52.5 Å². The van der Waals surface area contributed by atoms with E-state index in [2.05, 4.69) is 34.8 Å². The first-order valence-corrected chi connectivity index (χ1v) is 16.3. The van der Waals surface area contributed by atoms with Gasteiger partial charge in [-0.15, -0.1) is 0 Å². The van der Waals surface area contributed by atoms with E-state index in [1.807, 2.05) is 17.6 Å². The molecule has 0 aromatic heterocycles. The predicted molar refractivity (Wildman–Crippen MR) is 192 cm³/mol. The lowest BCUT2D eigenvalue weighted by molar-refractivity contribution is -0.138. The molecule has 6 N–H and O–H groups in total. The van der Waals surface area contributed by atoms with Gasteiger partial charge in [0.1, 0.15) is 0 Å². The van der Waals surface area contributed by atoms with Gasteiger partial charge in [-0.25, -0.2) is 9.59 Å². The van der Waals surface area contributed by atoms with Gasteiger partial charge in [0.15, 0.2) is 5.78 Å². The summed E-state index contributed by atoms with van der Waals surface area (Å²) in [7, 11) is 0. The number of likely N-dealkylation sites (N-methyl/N-ethyl adjacent to an activating group) is 2. The van der Waals surface area contributed by atoms with Crippen LogP contribution in [0.5, 0.6) is 0 Å². The lowest BCUT2D eigenvalue weighted by Crippen LogP contribution is -2.29. The molecule has 0 saturated heterocycles. The van der Waals surface area contributed by atoms with Crippen LogP contribution in [0.15, 0.2) is 60.3 Å². The van der Waals surface area contributed by atoms with Gasteiger partial charge in [0.2, 0.25) is 0 Å². The van der Waals surface area contributed by atoms with Crippen LogP contribution in [0.25, 0.3) is 0 Å². The molecule has 0 atom stereocenters. The van der Waals surface area contributed by atoms with Gasteiger partial charge in [-0.1, -0.05) is 19.4 Å². The van der Waals surface area contributed by atoms with Crippen molar-refractivity contribution in [3.63, 3.8) is 0 Å². The third-order valence-electron chi connectivity index (χ3n) is 6.09. The highest BCUT2D eigenvalue weighted by Gasteiger charge is 2.25. The fourth-order valence-corrected chi connectivity index (χ4v) is 4.15. The topological polar surface area (TPSA) is 289 Å². The number of imide groups is 4. The minimum absolute atomic E-state index is 0.204. The number of ether oxygens (including phenoxy) is 2. The summed E-state index contributed by atoms with van der Waals surface area (Å²) in [5.41, 5.74) is 10.5. The minimum atomic E-state index is -0.711. The van der Waals surface area contributed by atoms with Crippen LogP contribution in [0.2, 0.25) is 0 Å². The van der Waals surface area contributed by atoms with Crippen LogP contribution in [-0.2, 0) is 52.6 Å². The van der Waals surface area contributed by atoms with Gasteiger partial charge in [-0.2, -0.15) is 0 Å². The van der Waals surface area contributed by atoms with Gasteiger partial charge in [0.05, 0.1) is 13.2 Å². The van der Waals surface area contributed by atoms with E-state index in [9.17, 15) is 52.7 Å². The van der Waals surface area contributed by atoms with Crippen molar-refractivity contribution in [1.82, 2.24) is 20.4 Å². The summed E-state index contributed by atoms with van der Waals surface area (Å²) in [6.45, 7) is 14.9. The van der Waals surface area contributed by atoms with Crippen LogP contribution in [0.3, 0.4) is 0 Å². The van der Waals surface area contributed by atoms with Gasteiger partial charge < -0.3 is 20.9 Å². The molecular weight excluding hydrogens is 712 g/mol. The Morgan fingerprint density at radius 3 is 1.02 bits per heavy atom. The van der Waals surface area contributed by atoms with E-state index >= 15 is 0 Å².